The normalized spacial score (nSPS) is 16.1. The summed E-state index contributed by atoms with van der Waals surface area (Å²) in [5, 5.41) is 0. The molecule has 0 saturated carbocycles. The van der Waals surface area contributed by atoms with Gasteiger partial charge in [0.05, 0.1) is 4.90 Å². The largest absolute Gasteiger partial charge is 0.365 e. The van der Waals surface area contributed by atoms with Gasteiger partial charge in [-0.05, 0) is 47.7 Å². The van der Waals surface area contributed by atoms with Crippen molar-refractivity contribution in [3.63, 3.8) is 0 Å². The van der Waals surface area contributed by atoms with E-state index in [1.54, 1.807) is 24.3 Å². The molecule has 5 heteroatoms. The molecule has 0 fully saturated rings. The van der Waals surface area contributed by atoms with E-state index in [1.165, 1.54) is 16.8 Å². The predicted octanol–water partition coefficient (Wildman–Crippen LogP) is 4.32. The Kier molecular flexibility index (Phi) is 6.02. The van der Waals surface area contributed by atoms with Crippen LogP contribution in [-0.4, -0.2) is 21.0 Å². The SMILES string of the molecule is C=CCc1ccc2c(c1)CC(NS(=O)(=O)c1ccccc1)CN2Cc1ccccc1. The maximum absolute atomic E-state index is 12.9. The van der Waals surface area contributed by atoms with Gasteiger partial charge in [-0.1, -0.05) is 66.7 Å². The molecule has 1 N–H and O–H groups in total. The van der Waals surface area contributed by atoms with Crippen molar-refractivity contribution in [3.05, 3.63) is 108 Å². The molecule has 3 aromatic rings. The minimum Gasteiger partial charge on any atom is -0.365 e. The van der Waals surface area contributed by atoms with Crippen LogP contribution in [0.5, 0.6) is 0 Å². The first-order valence-electron chi connectivity index (χ1n) is 10.1. The number of fused-ring (bicyclic) bond motifs is 1. The summed E-state index contributed by atoms with van der Waals surface area (Å²) in [6, 6.07) is 25.1. The first-order chi connectivity index (χ1) is 14.5. The zero-order chi connectivity index (χ0) is 21.0. The molecule has 0 saturated heterocycles. The van der Waals surface area contributed by atoms with Crippen molar-refractivity contribution in [2.24, 2.45) is 0 Å². The lowest BCUT2D eigenvalue weighted by atomic mass is 9.95. The number of anilines is 1. The van der Waals surface area contributed by atoms with Crippen LogP contribution < -0.4 is 9.62 Å². The Morgan fingerprint density at radius 2 is 1.67 bits per heavy atom. The molecule has 0 aromatic heterocycles. The van der Waals surface area contributed by atoms with Gasteiger partial charge in [0.1, 0.15) is 0 Å². The van der Waals surface area contributed by atoms with E-state index in [0.29, 0.717) is 17.9 Å². The summed E-state index contributed by atoms with van der Waals surface area (Å²) < 4.78 is 28.7. The molecule has 0 aliphatic carbocycles. The number of nitrogens with zero attached hydrogens (tertiary/aromatic N) is 1. The lowest BCUT2D eigenvalue weighted by Crippen LogP contribution is -2.48. The fourth-order valence-electron chi connectivity index (χ4n) is 4.02. The van der Waals surface area contributed by atoms with Crippen LogP contribution in [-0.2, 0) is 29.4 Å². The molecule has 0 spiro atoms. The molecule has 0 radical (unpaired) electrons. The highest BCUT2D eigenvalue weighted by Gasteiger charge is 2.28. The molecule has 0 amide bonds. The maximum Gasteiger partial charge on any atom is 0.240 e. The molecule has 1 unspecified atom stereocenters. The third-order valence-electron chi connectivity index (χ3n) is 5.36. The smallest absolute Gasteiger partial charge is 0.240 e. The molecule has 3 aromatic carbocycles. The highest BCUT2D eigenvalue weighted by molar-refractivity contribution is 7.89. The first kappa shape index (κ1) is 20.4. The fourth-order valence-corrected chi connectivity index (χ4v) is 5.27. The molecule has 0 bridgehead atoms. The number of nitrogens with one attached hydrogen (secondary N) is 1. The summed E-state index contributed by atoms with van der Waals surface area (Å²) in [6.45, 7) is 5.19. The third-order valence-corrected chi connectivity index (χ3v) is 6.90. The Hall–Kier alpha value is -2.89. The van der Waals surface area contributed by atoms with E-state index in [2.05, 4.69) is 46.5 Å². The second-order valence-electron chi connectivity index (χ2n) is 7.66. The van der Waals surface area contributed by atoms with E-state index in [1.807, 2.05) is 30.3 Å². The molecule has 30 heavy (non-hydrogen) atoms. The molecule has 1 atom stereocenters. The lowest BCUT2D eigenvalue weighted by Gasteiger charge is -2.36. The lowest BCUT2D eigenvalue weighted by molar-refractivity contribution is 0.524. The van der Waals surface area contributed by atoms with Gasteiger partial charge < -0.3 is 4.90 Å². The van der Waals surface area contributed by atoms with Gasteiger partial charge in [0, 0.05) is 24.8 Å². The second-order valence-corrected chi connectivity index (χ2v) is 9.37. The monoisotopic (exact) mass is 418 g/mol. The van der Waals surface area contributed by atoms with Crippen LogP contribution in [0.25, 0.3) is 0 Å². The Morgan fingerprint density at radius 1 is 0.967 bits per heavy atom. The van der Waals surface area contributed by atoms with E-state index in [0.717, 1.165) is 18.5 Å². The van der Waals surface area contributed by atoms with Gasteiger partial charge in [-0.15, -0.1) is 6.58 Å². The highest BCUT2D eigenvalue weighted by atomic mass is 32.2. The van der Waals surface area contributed by atoms with Crippen LogP contribution in [0, 0.1) is 0 Å². The minimum atomic E-state index is -3.57. The summed E-state index contributed by atoms with van der Waals surface area (Å²) in [5.74, 6) is 0. The van der Waals surface area contributed by atoms with Gasteiger partial charge in [0.25, 0.3) is 0 Å². The van der Waals surface area contributed by atoms with Crippen LogP contribution in [0.2, 0.25) is 0 Å². The van der Waals surface area contributed by atoms with Crippen LogP contribution in [0.15, 0.2) is 96.4 Å². The van der Waals surface area contributed by atoms with Gasteiger partial charge in [0.15, 0.2) is 0 Å². The molecular formula is C25H26N2O2S. The Balaban J connectivity index is 1.63. The zero-order valence-electron chi connectivity index (χ0n) is 16.9. The Bertz CT molecular complexity index is 1110. The molecule has 154 valence electrons. The van der Waals surface area contributed by atoms with Crippen molar-refractivity contribution in [2.75, 3.05) is 11.4 Å². The van der Waals surface area contributed by atoms with Crippen molar-refractivity contribution in [3.8, 4) is 0 Å². The van der Waals surface area contributed by atoms with Gasteiger partial charge in [0.2, 0.25) is 10.0 Å². The van der Waals surface area contributed by atoms with Gasteiger partial charge in [-0.3, -0.25) is 0 Å². The number of rotatable bonds is 7. The summed E-state index contributed by atoms with van der Waals surface area (Å²) >= 11 is 0. The summed E-state index contributed by atoms with van der Waals surface area (Å²) in [6.07, 6.45) is 3.35. The molecule has 1 aliphatic rings. The average molecular weight is 419 g/mol. The average Bonchev–Trinajstić information content (AvgIpc) is 2.75. The van der Waals surface area contributed by atoms with Crippen molar-refractivity contribution < 1.29 is 8.42 Å². The second kappa shape index (κ2) is 8.86. The summed E-state index contributed by atoms with van der Waals surface area (Å²) in [4.78, 5) is 2.56. The third kappa shape index (κ3) is 4.64. The molecule has 4 nitrogen and oxygen atoms in total. The van der Waals surface area contributed by atoms with Crippen LogP contribution in [0.1, 0.15) is 16.7 Å². The van der Waals surface area contributed by atoms with Crippen molar-refractivity contribution in [2.45, 2.75) is 30.3 Å². The predicted molar refractivity (Wildman–Crippen MR) is 122 cm³/mol. The van der Waals surface area contributed by atoms with Gasteiger partial charge >= 0.3 is 0 Å². The molecular weight excluding hydrogens is 392 g/mol. The number of sulfonamides is 1. The molecule has 1 aliphatic heterocycles. The van der Waals surface area contributed by atoms with Gasteiger partial charge in [-0.2, -0.15) is 0 Å². The first-order valence-corrected chi connectivity index (χ1v) is 11.6. The zero-order valence-corrected chi connectivity index (χ0v) is 17.7. The van der Waals surface area contributed by atoms with E-state index in [9.17, 15) is 8.42 Å². The molecule has 4 rings (SSSR count). The minimum absolute atomic E-state index is 0.203. The number of hydrogen-bond donors (Lipinski definition) is 1. The Labute approximate surface area is 178 Å². The van der Waals surface area contributed by atoms with E-state index in [-0.39, 0.29) is 6.04 Å². The number of hydrogen-bond acceptors (Lipinski definition) is 3. The Morgan fingerprint density at radius 3 is 2.37 bits per heavy atom. The summed E-state index contributed by atoms with van der Waals surface area (Å²) in [5.41, 5.74) is 4.72. The van der Waals surface area contributed by atoms with Crippen molar-refractivity contribution >= 4 is 15.7 Å². The topological polar surface area (TPSA) is 49.4 Å². The van der Waals surface area contributed by atoms with E-state index >= 15 is 0 Å². The maximum atomic E-state index is 12.9. The fraction of sp³-hybridized carbons (Fsp3) is 0.200. The van der Waals surface area contributed by atoms with Gasteiger partial charge in [-0.25, -0.2) is 13.1 Å². The quantitative estimate of drug-likeness (QED) is 0.581. The van der Waals surface area contributed by atoms with E-state index < -0.39 is 10.0 Å². The van der Waals surface area contributed by atoms with Crippen LogP contribution in [0.3, 0.4) is 0 Å². The number of benzene rings is 3. The van der Waals surface area contributed by atoms with Crippen molar-refractivity contribution in [1.82, 2.24) is 4.72 Å². The van der Waals surface area contributed by atoms with Crippen LogP contribution in [0.4, 0.5) is 5.69 Å². The van der Waals surface area contributed by atoms with Crippen molar-refractivity contribution in [1.29, 1.82) is 0 Å². The molecule has 1 heterocycles. The number of allylic oxidation sites excluding steroid dienone is 1. The van der Waals surface area contributed by atoms with Crippen LogP contribution >= 0.6 is 0 Å². The standard InChI is InChI=1S/C25H26N2O2S/c1-2-9-20-14-15-25-22(16-20)17-23(19-27(25)18-21-10-5-3-6-11-21)26-30(28,29)24-12-7-4-8-13-24/h2-8,10-16,23,26H,1,9,17-19H2. The highest BCUT2D eigenvalue weighted by Crippen LogP contribution is 2.30. The van der Waals surface area contributed by atoms with E-state index in [4.69, 9.17) is 0 Å². The summed E-state index contributed by atoms with van der Waals surface area (Å²) in [7, 11) is -3.57.